The third-order valence-corrected chi connectivity index (χ3v) is 5.16. The van der Waals surface area contributed by atoms with E-state index in [1.807, 2.05) is 13.0 Å². The molecule has 142 valence electrons. The summed E-state index contributed by atoms with van der Waals surface area (Å²) in [6, 6.07) is 5.90. The molecule has 0 saturated carbocycles. The highest BCUT2D eigenvalue weighted by Gasteiger charge is 2.29. The summed E-state index contributed by atoms with van der Waals surface area (Å²) < 4.78 is 13.7. The molecule has 0 aliphatic carbocycles. The summed E-state index contributed by atoms with van der Waals surface area (Å²) in [5.41, 5.74) is 1.09. The average Bonchev–Trinajstić information content (AvgIpc) is 2.66. The first-order chi connectivity index (χ1) is 12.8. The molecule has 0 unspecified atom stereocenters. The van der Waals surface area contributed by atoms with Gasteiger partial charge in [-0.1, -0.05) is 29.3 Å². The van der Waals surface area contributed by atoms with E-state index in [0.717, 1.165) is 11.6 Å². The lowest BCUT2D eigenvalue weighted by atomic mass is 9.95. The average molecular weight is 410 g/mol. The van der Waals surface area contributed by atoms with E-state index in [-0.39, 0.29) is 33.3 Å². The standard InChI is InChI=1S/C19H18Cl2FN3O2/c1-11-2-3-17(23-10-11)24-18(26)12-4-6-25(7-5-12)19(27)13-8-16(22)15(21)9-14(13)20/h2-3,8-10,12H,4-7H2,1H3,(H,23,24,26). The Hall–Kier alpha value is -2.18. The zero-order chi connectivity index (χ0) is 19.6. The molecule has 0 bridgehead atoms. The van der Waals surface area contributed by atoms with Crippen molar-refractivity contribution in [3.63, 3.8) is 0 Å². The summed E-state index contributed by atoms with van der Waals surface area (Å²) in [5, 5.41) is 2.78. The molecule has 1 N–H and O–H groups in total. The number of aryl methyl sites for hydroxylation is 1. The Balaban J connectivity index is 1.60. The number of aromatic nitrogens is 1. The van der Waals surface area contributed by atoms with Gasteiger partial charge in [0.25, 0.3) is 5.91 Å². The van der Waals surface area contributed by atoms with Crippen LogP contribution < -0.4 is 5.32 Å². The molecule has 1 fully saturated rings. The van der Waals surface area contributed by atoms with Crippen LogP contribution in [0.4, 0.5) is 10.2 Å². The van der Waals surface area contributed by atoms with Crippen LogP contribution in [-0.4, -0.2) is 34.8 Å². The van der Waals surface area contributed by atoms with Crippen molar-refractivity contribution in [2.45, 2.75) is 19.8 Å². The zero-order valence-electron chi connectivity index (χ0n) is 14.6. The SMILES string of the molecule is Cc1ccc(NC(=O)C2CCN(C(=O)c3cc(F)c(Cl)cc3Cl)CC2)nc1. The van der Waals surface area contributed by atoms with Crippen LogP contribution in [0.3, 0.4) is 0 Å². The van der Waals surface area contributed by atoms with Crippen molar-refractivity contribution in [2.75, 3.05) is 18.4 Å². The van der Waals surface area contributed by atoms with E-state index >= 15 is 0 Å². The van der Waals surface area contributed by atoms with Crippen molar-refractivity contribution in [1.29, 1.82) is 0 Å². The van der Waals surface area contributed by atoms with Gasteiger partial charge in [0.2, 0.25) is 5.91 Å². The predicted molar refractivity (Wildman–Crippen MR) is 103 cm³/mol. The minimum Gasteiger partial charge on any atom is -0.339 e. The molecule has 1 aromatic carbocycles. The number of hydrogen-bond donors (Lipinski definition) is 1. The maximum absolute atomic E-state index is 13.7. The van der Waals surface area contributed by atoms with E-state index < -0.39 is 5.82 Å². The maximum atomic E-state index is 13.7. The highest BCUT2D eigenvalue weighted by atomic mass is 35.5. The number of anilines is 1. The molecule has 0 spiro atoms. The third-order valence-electron chi connectivity index (χ3n) is 4.56. The van der Waals surface area contributed by atoms with Gasteiger partial charge in [0.15, 0.2) is 0 Å². The quantitative estimate of drug-likeness (QED) is 0.767. The summed E-state index contributed by atoms with van der Waals surface area (Å²) in [6.45, 7) is 2.70. The van der Waals surface area contributed by atoms with Crippen LogP contribution in [0.25, 0.3) is 0 Å². The minimum atomic E-state index is -0.690. The molecule has 1 saturated heterocycles. The van der Waals surface area contributed by atoms with Crippen molar-refractivity contribution >= 4 is 40.8 Å². The number of rotatable bonds is 3. The first-order valence-electron chi connectivity index (χ1n) is 8.52. The molecule has 1 aliphatic rings. The molecule has 2 aromatic rings. The summed E-state index contributed by atoms with van der Waals surface area (Å²) >= 11 is 11.7. The highest BCUT2D eigenvalue weighted by Crippen LogP contribution is 2.27. The van der Waals surface area contributed by atoms with Crippen LogP contribution in [-0.2, 0) is 4.79 Å². The number of piperidine rings is 1. The van der Waals surface area contributed by atoms with Gasteiger partial charge >= 0.3 is 0 Å². The van der Waals surface area contributed by atoms with Gasteiger partial charge in [-0.3, -0.25) is 9.59 Å². The number of halogens is 3. The molecule has 8 heteroatoms. The fourth-order valence-electron chi connectivity index (χ4n) is 2.97. The van der Waals surface area contributed by atoms with Gasteiger partial charge in [-0.05, 0) is 43.5 Å². The third kappa shape index (κ3) is 4.57. The van der Waals surface area contributed by atoms with Crippen LogP contribution in [0.5, 0.6) is 0 Å². The lowest BCUT2D eigenvalue weighted by Crippen LogP contribution is -2.41. The van der Waals surface area contributed by atoms with Crippen molar-refractivity contribution < 1.29 is 14.0 Å². The van der Waals surface area contributed by atoms with Crippen LogP contribution in [0.1, 0.15) is 28.8 Å². The van der Waals surface area contributed by atoms with Crippen molar-refractivity contribution in [3.05, 3.63) is 57.5 Å². The van der Waals surface area contributed by atoms with Gasteiger partial charge in [0.05, 0.1) is 15.6 Å². The van der Waals surface area contributed by atoms with Crippen LogP contribution in [0.2, 0.25) is 10.0 Å². The van der Waals surface area contributed by atoms with Crippen LogP contribution in [0, 0.1) is 18.7 Å². The molecule has 0 radical (unpaired) electrons. The van der Waals surface area contributed by atoms with Gasteiger partial charge in [-0.2, -0.15) is 0 Å². The Kier molecular flexibility index (Phi) is 5.97. The van der Waals surface area contributed by atoms with E-state index in [0.29, 0.717) is 31.7 Å². The number of carbonyl (C=O) groups is 2. The number of hydrogen-bond acceptors (Lipinski definition) is 3. The second kappa shape index (κ2) is 8.23. The van der Waals surface area contributed by atoms with Crippen LogP contribution in [0.15, 0.2) is 30.5 Å². The molecule has 27 heavy (non-hydrogen) atoms. The first kappa shape index (κ1) is 19.6. The molecular weight excluding hydrogens is 392 g/mol. The Morgan fingerprint density at radius 3 is 2.52 bits per heavy atom. The molecule has 5 nitrogen and oxygen atoms in total. The number of amides is 2. The van der Waals surface area contributed by atoms with Crippen molar-refractivity contribution in [2.24, 2.45) is 5.92 Å². The fourth-order valence-corrected chi connectivity index (χ4v) is 3.44. The summed E-state index contributed by atoms with van der Waals surface area (Å²) in [5.74, 6) is -0.880. The number of nitrogens with one attached hydrogen (secondary N) is 1. The van der Waals surface area contributed by atoms with Gasteiger partial charge in [-0.15, -0.1) is 0 Å². The van der Waals surface area contributed by atoms with E-state index in [1.165, 1.54) is 6.07 Å². The molecule has 2 heterocycles. The predicted octanol–water partition coefficient (Wildman–Crippen LogP) is 4.33. The monoisotopic (exact) mass is 409 g/mol. The Bertz CT molecular complexity index is 866. The van der Waals surface area contributed by atoms with Gasteiger partial charge in [0, 0.05) is 25.2 Å². The van der Waals surface area contributed by atoms with Crippen molar-refractivity contribution in [3.8, 4) is 0 Å². The van der Waals surface area contributed by atoms with Crippen molar-refractivity contribution in [1.82, 2.24) is 9.88 Å². The normalized spacial score (nSPS) is 14.9. The molecular formula is C19H18Cl2FN3O2. The number of likely N-dealkylation sites (tertiary alicyclic amines) is 1. The molecule has 3 rings (SSSR count). The molecule has 1 aliphatic heterocycles. The Morgan fingerprint density at radius 1 is 1.19 bits per heavy atom. The number of benzene rings is 1. The molecule has 0 atom stereocenters. The van der Waals surface area contributed by atoms with E-state index in [1.54, 1.807) is 17.2 Å². The fraction of sp³-hybridized carbons (Fsp3) is 0.316. The lowest BCUT2D eigenvalue weighted by molar-refractivity contribution is -0.121. The minimum absolute atomic E-state index is 0.0744. The van der Waals surface area contributed by atoms with E-state index in [2.05, 4.69) is 10.3 Å². The lowest BCUT2D eigenvalue weighted by Gasteiger charge is -2.31. The summed E-state index contributed by atoms with van der Waals surface area (Å²) in [7, 11) is 0. The Morgan fingerprint density at radius 2 is 1.89 bits per heavy atom. The van der Waals surface area contributed by atoms with Gasteiger partial charge in [0.1, 0.15) is 11.6 Å². The number of carbonyl (C=O) groups excluding carboxylic acids is 2. The largest absolute Gasteiger partial charge is 0.339 e. The molecule has 1 aromatic heterocycles. The number of pyridine rings is 1. The number of nitrogens with zero attached hydrogens (tertiary/aromatic N) is 2. The zero-order valence-corrected chi connectivity index (χ0v) is 16.1. The maximum Gasteiger partial charge on any atom is 0.255 e. The van der Waals surface area contributed by atoms with Crippen LogP contribution >= 0.6 is 23.2 Å². The van der Waals surface area contributed by atoms with E-state index in [9.17, 15) is 14.0 Å². The topological polar surface area (TPSA) is 62.3 Å². The second-order valence-electron chi connectivity index (χ2n) is 6.52. The summed E-state index contributed by atoms with van der Waals surface area (Å²) in [6.07, 6.45) is 2.71. The summed E-state index contributed by atoms with van der Waals surface area (Å²) in [4.78, 5) is 30.7. The highest BCUT2D eigenvalue weighted by molar-refractivity contribution is 6.36. The molecule has 2 amide bonds. The van der Waals surface area contributed by atoms with E-state index in [4.69, 9.17) is 23.2 Å². The second-order valence-corrected chi connectivity index (χ2v) is 7.34. The Labute approximate surface area is 166 Å². The smallest absolute Gasteiger partial charge is 0.255 e. The van der Waals surface area contributed by atoms with Gasteiger partial charge in [-0.25, -0.2) is 9.37 Å². The van der Waals surface area contributed by atoms with Gasteiger partial charge < -0.3 is 10.2 Å². The first-order valence-corrected chi connectivity index (χ1v) is 9.28.